The van der Waals surface area contributed by atoms with Crippen LogP contribution in [0, 0.1) is 5.41 Å². The third kappa shape index (κ3) is 1.69. The van der Waals surface area contributed by atoms with Crippen molar-refractivity contribution >= 4 is 11.8 Å². The zero-order valence-corrected chi connectivity index (χ0v) is 6.91. The van der Waals surface area contributed by atoms with Crippen molar-refractivity contribution in [2.45, 2.75) is 6.92 Å². The van der Waals surface area contributed by atoms with Gasteiger partial charge in [0.05, 0.1) is 5.69 Å². The van der Waals surface area contributed by atoms with Crippen LogP contribution in [0.5, 0.6) is 0 Å². The predicted molar refractivity (Wildman–Crippen MR) is 49.8 cm³/mol. The van der Waals surface area contributed by atoms with Crippen LogP contribution in [0.25, 0.3) is 5.57 Å². The second kappa shape index (κ2) is 3.67. The molecule has 1 aromatic rings. The highest BCUT2D eigenvalue weighted by Gasteiger charge is 2.00. The molecule has 0 saturated carbocycles. The summed E-state index contributed by atoms with van der Waals surface area (Å²) in [6, 6.07) is 5.53. The smallest absolute Gasteiger partial charge is 0.0734 e. The Morgan fingerprint density at radius 2 is 2.33 bits per heavy atom. The van der Waals surface area contributed by atoms with Crippen LogP contribution in [-0.4, -0.2) is 11.2 Å². The fourth-order valence-corrected chi connectivity index (χ4v) is 0.912. The summed E-state index contributed by atoms with van der Waals surface area (Å²) >= 11 is 0. The van der Waals surface area contributed by atoms with Gasteiger partial charge >= 0.3 is 0 Å². The van der Waals surface area contributed by atoms with E-state index < -0.39 is 0 Å². The number of nitrogens with zero attached hydrogens (tertiary/aromatic N) is 1. The molecule has 62 valence electrons. The Balaban J connectivity index is 3.14. The standard InChI is InChI=1S/C9H11N3/c1-7(11)8(6-10)9-4-2-3-5-12-9/h2-6,10H,11H2,1H3/b8-7-,10-6?. The molecule has 12 heavy (non-hydrogen) atoms. The molecular weight excluding hydrogens is 150 g/mol. The van der Waals surface area contributed by atoms with Crippen molar-refractivity contribution in [2.24, 2.45) is 5.73 Å². The zero-order valence-electron chi connectivity index (χ0n) is 6.91. The predicted octanol–water partition coefficient (Wildman–Crippen LogP) is 1.42. The molecule has 0 fully saturated rings. The fraction of sp³-hybridized carbons (Fsp3) is 0.111. The number of nitrogens with two attached hydrogens (primary N) is 1. The van der Waals surface area contributed by atoms with Gasteiger partial charge in [0.25, 0.3) is 0 Å². The molecule has 0 spiro atoms. The lowest BCUT2D eigenvalue weighted by molar-refractivity contribution is 1.25. The Morgan fingerprint density at radius 1 is 1.58 bits per heavy atom. The van der Waals surface area contributed by atoms with Crippen LogP contribution in [0.2, 0.25) is 0 Å². The van der Waals surface area contributed by atoms with Gasteiger partial charge < -0.3 is 11.1 Å². The van der Waals surface area contributed by atoms with Crippen LogP contribution in [-0.2, 0) is 0 Å². The van der Waals surface area contributed by atoms with E-state index in [0.717, 1.165) is 5.69 Å². The molecule has 0 aliphatic heterocycles. The maximum absolute atomic E-state index is 7.12. The Labute approximate surface area is 71.4 Å². The van der Waals surface area contributed by atoms with Gasteiger partial charge in [0.1, 0.15) is 0 Å². The van der Waals surface area contributed by atoms with Crippen LogP contribution >= 0.6 is 0 Å². The molecule has 3 heteroatoms. The normalized spacial score (nSPS) is 12.1. The Morgan fingerprint density at radius 3 is 2.75 bits per heavy atom. The molecule has 0 unspecified atom stereocenters. The lowest BCUT2D eigenvalue weighted by Gasteiger charge is -2.01. The topological polar surface area (TPSA) is 62.8 Å². The van der Waals surface area contributed by atoms with Gasteiger partial charge in [-0.15, -0.1) is 0 Å². The van der Waals surface area contributed by atoms with Gasteiger partial charge in [-0.2, -0.15) is 0 Å². The molecule has 1 rings (SSSR count). The Hall–Kier alpha value is -1.64. The number of pyridine rings is 1. The lowest BCUT2D eigenvalue weighted by atomic mass is 10.1. The summed E-state index contributed by atoms with van der Waals surface area (Å²) in [5.41, 5.74) is 7.60. The van der Waals surface area contributed by atoms with Crippen molar-refractivity contribution in [1.82, 2.24) is 4.98 Å². The summed E-state index contributed by atoms with van der Waals surface area (Å²) in [5.74, 6) is 0. The molecule has 0 bridgehead atoms. The molecule has 1 aromatic heterocycles. The van der Waals surface area contributed by atoms with Crippen LogP contribution < -0.4 is 5.73 Å². The van der Waals surface area contributed by atoms with Crippen molar-refractivity contribution in [3.05, 3.63) is 35.8 Å². The number of hydrogen-bond acceptors (Lipinski definition) is 3. The van der Waals surface area contributed by atoms with E-state index >= 15 is 0 Å². The molecule has 0 aliphatic rings. The van der Waals surface area contributed by atoms with Crippen LogP contribution in [0.15, 0.2) is 30.1 Å². The van der Waals surface area contributed by atoms with E-state index in [1.165, 1.54) is 6.21 Å². The molecule has 3 N–H and O–H groups in total. The summed E-state index contributed by atoms with van der Waals surface area (Å²) in [6.45, 7) is 1.76. The first kappa shape index (κ1) is 8.46. The van der Waals surface area contributed by atoms with E-state index in [1.54, 1.807) is 13.1 Å². The number of aromatic nitrogens is 1. The summed E-state index contributed by atoms with van der Waals surface area (Å²) in [7, 11) is 0. The number of rotatable bonds is 2. The lowest BCUT2D eigenvalue weighted by Crippen LogP contribution is -2.00. The van der Waals surface area contributed by atoms with Crippen molar-refractivity contribution in [2.75, 3.05) is 0 Å². The SMILES string of the molecule is C/C(N)=C(\C=N)c1ccccn1. The molecule has 1 heterocycles. The molecule has 0 atom stereocenters. The highest BCUT2D eigenvalue weighted by atomic mass is 14.7. The quantitative estimate of drug-likeness (QED) is 0.644. The average Bonchev–Trinajstić information content (AvgIpc) is 2.07. The summed E-state index contributed by atoms with van der Waals surface area (Å²) < 4.78 is 0. The molecule has 0 amide bonds. The maximum Gasteiger partial charge on any atom is 0.0734 e. The van der Waals surface area contributed by atoms with Crippen molar-refractivity contribution in [3.8, 4) is 0 Å². The molecule has 0 saturated heterocycles. The van der Waals surface area contributed by atoms with Crippen LogP contribution in [0.1, 0.15) is 12.6 Å². The number of hydrogen-bond donors (Lipinski definition) is 2. The molecule has 0 aromatic carbocycles. The van der Waals surface area contributed by atoms with E-state index in [1.807, 2.05) is 18.2 Å². The van der Waals surface area contributed by atoms with Gasteiger partial charge in [0.15, 0.2) is 0 Å². The first-order valence-electron chi connectivity index (χ1n) is 3.64. The molecule has 0 aliphatic carbocycles. The highest BCUT2D eigenvalue weighted by Crippen LogP contribution is 2.09. The average molecular weight is 161 g/mol. The summed E-state index contributed by atoms with van der Waals surface area (Å²) in [5, 5.41) is 7.12. The first-order chi connectivity index (χ1) is 5.75. The van der Waals surface area contributed by atoms with Gasteiger partial charge in [0.2, 0.25) is 0 Å². The second-order valence-corrected chi connectivity index (χ2v) is 2.46. The number of nitrogens with one attached hydrogen (secondary N) is 1. The Bertz CT molecular complexity index is 297. The number of allylic oxidation sites excluding steroid dienone is 2. The summed E-state index contributed by atoms with van der Waals surface area (Å²) in [6.07, 6.45) is 2.90. The first-order valence-corrected chi connectivity index (χ1v) is 3.64. The van der Waals surface area contributed by atoms with Gasteiger partial charge in [-0.3, -0.25) is 4.98 Å². The van der Waals surface area contributed by atoms with Gasteiger partial charge in [-0.25, -0.2) is 0 Å². The minimum absolute atomic E-state index is 0.615. The maximum atomic E-state index is 7.12. The minimum atomic E-state index is 0.615. The minimum Gasteiger partial charge on any atom is -0.402 e. The van der Waals surface area contributed by atoms with Gasteiger partial charge in [-0.1, -0.05) is 6.07 Å². The van der Waals surface area contributed by atoms with Gasteiger partial charge in [-0.05, 0) is 19.1 Å². The monoisotopic (exact) mass is 161 g/mol. The van der Waals surface area contributed by atoms with Crippen molar-refractivity contribution in [1.29, 1.82) is 5.41 Å². The van der Waals surface area contributed by atoms with E-state index in [9.17, 15) is 0 Å². The van der Waals surface area contributed by atoms with E-state index in [0.29, 0.717) is 11.3 Å². The van der Waals surface area contributed by atoms with Gasteiger partial charge in [0, 0.05) is 23.7 Å². The largest absolute Gasteiger partial charge is 0.402 e. The fourth-order valence-electron chi connectivity index (χ4n) is 0.912. The second-order valence-electron chi connectivity index (χ2n) is 2.46. The van der Waals surface area contributed by atoms with E-state index in [-0.39, 0.29) is 0 Å². The highest BCUT2D eigenvalue weighted by molar-refractivity contribution is 6.08. The third-order valence-corrected chi connectivity index (χ3v) is 1.51. The molecular formula is C9H11N3. The van der Waals surface area contributed by atoms with Crippen LogP contribution in [0.4, 0.5) is 0 Å². The van der Waals surface area contributed by atoms with Crippen molar-refractivity contribution in [3.63, 3.8) is 0 Å². The zero-order chi connectivity index (χ0) is 8.97. The molecule has 0 radical (unpaired) electrons. The summed E-state index contributed by atoms with van der Waals surface area (Å²) in [4.78, 5) is 4.08. The Kier molecular flexibility index (Phi) is 2.58. The van der Waals surface area contributed by atoms with E-state index in [2.05, 4.69) is 4.98 Å². The van der Waals surface area contributed by atoms with E-state index in [4.69, 9.17) is 11.1 Å². The van der Waals surface area contributed by atoms with Crippen molar-refractivity contribution < 1.29 is 0 Å². The molecule has 3 nitrogen and oxygen atoms in total. The van der Waals surface area contributed by atoms with Crippen LogP contribution in [0.3, 0.4) is 0 Å². The third-order valence-electron chi connectivity index (χ3n) is 1.51.